The molecule has 2 aromatic rings. The van der Waals surface area contributed by atoms with Gasteiger partial charge in [0.25, 0.3) is 0 Å². The van der Waals surface area contributed by atoms with Crippen LogP contribution < -0.4 is 4.74 Å². The maximum Gasteiger partial charge on any atom is 0.394 e. The molecule has 6 heteroatoms. The van der Waals surface area contributed by atoms with E-state index in [1.54, 1.807) is 19.1 Å². The Kier molecular flexibility index (Phi) is 28.9. The molecule has 0 fully saturated rings. The average Bonchev–Trinajstić information content (AvgIpc) is 3.11. The zero-order chi connectivity index (χ0) is 42.7. The number of ether oxygens (including phenoxy) is 1. The van der Waals surface area contributed by atoms with Crippen LogP contribution in [0.2, 0.25) is 0 Å². The first-order valence-electron chi connectivity index (χ1n) is 20.6. The van der Waals surface area contributed by atoms with Crippen LogP contribution in [0.4, 0.5) is 13.2 Å². The SMILES string of the molecule is C=C1C=C(C)C=CN1/C(C(C)=O)=C(/CC)CCC.CCC(C)C.CCCCC(C)C.CCCCc1ccc(C)c(F)c1C.Cc1ccc(OC(C)(F)F)cc1. The first kappa shape index (κ1) is 53.6. The van der Waals surface area contributed by atoms with Crippen LogP contribution in [-0.4, -0.2) is 16.8 Å². The number of benzene rings is 2. The van der Waals surface area contributed by atoms with Crippen molar-refractivity contribution in [3.63, 3.8) is 0 Å². The minimum Gasteiger partial charge on any atom is -0.433 e. The number of aryl methyl sites for hydroxylation is 3. The molecule has 0 aromatic heterocycles. The van der Waals surface area contributed by atoms with Crippen molar-refractivity contribution in [2.75, 3.05) is 0 Å². The predicted molar refractivity (Wildman–Crippen MR) is 233 cm³/mol. The molecule has 1 aliphatic rings. The van der Waals surface area contributed by atoms with Gasteiger partial charge in [0.2, 0.25) is 0 Å². The van der Waals surface area contributed by atoms with E-state index in [-0.39, 0.29) is 17.3 Å². The van der Waals surface area contributed by atoms with Crippen molar-refractivity contribution in [2.24, 2.45) is 11.8 Å². The molecule has 55 heavy (non-hydrogen) atoms. The zero-order valence-electron chi connectivity index (χ0n) is 37.5. The lowest BCUT2D eigenvalue weighted by molar-refractivity contribution is -0.158. The fourth-order valence-corrected chi connectivity index (χ4v) is 5.16. The van der Waals surface area contributed by atoms with Gasteiger partial charge in [-0.15, -0.1) is 0 Å². The topological polar surface area (TPSA) is 29.5 Å². The number of carbonyl (C=O) groups is 1. The first-order chi connectivity index (χ1) is 25.7. The summed E-state index contributed by atoms with van der Waals surface area (Å²) in [5, 5.41) is 0. The number of halogens is 3. The second-order valence-corrected chi connectivity index (χ2v) is 15.3. The van der Waals surface area contributed by atoms with Crippen LogP contribution >= 0.6 is 0 Å². The van der Waals surface area contributed by atoms with E-state index in [9.17, 15) is 18.0 Å². The normalized spacial score (nSPS) is 12.5. The third kappa shape index (κ3) is 25.3. The highest BCUT2D eigenvalue weighted by molar-refractivity contribution is 5.94. The van der Waals surface area contributed by atoms with Crippen LogP contribution in [-0.2, 0) is 11.2 Å². The molecule has 312 valence electrons. The van der Waals surface area contributed by atoms with Crippen molar-refractivity contribution < 1.29 is 22.7 Å². The van der Waals surface area contributed by atoms with Gasteiger partial charge in [-0.05, 0) is 117 Å². The lowest BCUT2D eigenvalue weighted by Gasteiger charge is -2.28. The molecule has 0 unspecified atom stereocenters. The Labute approximate surface area is 336 Å². The van der Waals surface area contributed by atoms with E-state index in [0.717, 1.165) is 89.6 Å². The van der Waals surface area contributed by atoms with Gasteiger partial charge in [0.1, 0.15) is 11.6 Å². The Morgan fingerprint density at radius 3 is 1.82 bits per heavy atom. The van der Waals surface area contributed by atoms with Gasteiger partial charge >= 0.3 is 6.11 Å². The van der Waals surface area contributed by atoms with E-state index in [4.69, 9.17) is 0 Å². The Hall–Kier alpha value is -3.54. The van der Waals surface area contributed by atoms with E-state index in [2.05, 4.69) is 73.6 Å². The van der Waals surface area contributed by atoms with Crippen molar-refractivity contribution in [2.45, 2.75) is 174 Å². The Morgan fingerprint density at radius 1 is 0.855 bits per heavy atom. The molecule has 3 rings (SSSR count). The van der Waals surface area contributed by atoms with Crippen LogP contribution in [0.3, 0.4) is 0 Å². The fourth-order valence-electron chi connectivity index (χ4n) is 5.16. The van der Waals surface area contributed by atoms with Crippen molar-refractivity contribution in [3.05, 3.63) is 112 Å². The molecular weight excluding hydrogens is 692 g/mol. The molecule has 0 amide bonds. The number of hydrogen-bond acceptors (Lipinski definition) is 3. The minimum atomic E-state index is -3.10. The highest BCUT2D eigenvalue weighted by Gasteiger charge is 2.23. The van der Waals surface area contributed by atoms with Gasteiger partial charge in [-0.1, -0.05) is 137 Å². The largest absolute Gasteiger partial charge is 0.433 e. The van der Waals surface area contributed by atoms with Gasteiger partial charge in [-0.25, -0.2) is 4.39 Å². The van der Waals surface area contributed by atoms with E-state index in [1.165, 1.54) is 43.4 Å². The van der Waals surface area contributed by atoms with E-state index >= 15 is 0 Å². The summed E-state index contributed by atoms with van der Waals surface area (Å²) in [6, 6.07) is 10.4. The molecule has 0 spiro atoms. The number of rotatable bonds is 14. The maximum absolute atomic E-state index is 13.4. The lowest BCUT2D eigenvalue weighted by Crippen LogP contribution is -2.23. The molecule has 0 radical (unpaired) electrons. The van der Waals surface area contributed by atoms with Crippen molar-refractivity contribution in [1.29, 1.82) is 0 Å². The number of alkyl halides is 2. The standard InChI is InChI=1S/C16H23NO.C12H17F.C9H10F2O.C7H16.C5H12/c1-6-8-15(7-2)16(14(5)18)17-10-9-12(3)11-13(17)4;1-4-5-6-11-8-7-9(2)12(13)10(11)3;1-7-3-5-8(6-4-7)12-9(2,10)11;1-4-5-6-7(2)3;1-4-5(2)3/h9-11H,4,6-8H2,1-3,5H3;7-8H,4-6H2,1-3H3;3-6H,1-2H3;7H,4-6H2,1-3H3;5H,4H2,1-3H3/b16-15-;;;;. The molecule has 1 aliphatic heterocycles. The molecule has 0 bridgehead atoms. The molecule has 2 aromatic carbocycles. The molecule has 1 heterocycles. The van der Waals surface area contributed by atoms with Crippen molar-refractivity contribution in [1.82, 2.24) is 4.90 Å². The molecule has 0 saturated heterocycles. The number of allylic oxidation sites excluding steroid dienone is 5. The average molecular weight is 770 g/mol. The summed E-state index contributed by atoms with van der Waals surface area (Å²) in [7, 11) is 0. The third-order valence-electron chi connectivity index (χ3n) is 8.84. The monoisotopic (exact) mass is 770 g/mol. The molecule has 0 atom stereocenters. The number of ketones is 1. The fraction of sp³-hybridized carbons (Fsp3) is 0.571. The van der Waals surface area contributed by atoms with Crippen LogP contribution in [0, 0.1) is 38.4 Å². The lowest BCUT2D eigenvalue weighted by atomic mass is 10.0. The number of hydrogen-bond donors (Lipinski definition) is 0. The Balaban J connectivity index is 0. The Morgan fingerprint density at radius 2 is 1.42 bits per heavy atom. The minimum absolute atomic E-state index is 0.0337. The first-order valence-corrected chi connectivity index (χ1v) is 20.6. The van der Waals surface area contributed by atoms with Crippen molar-refractivity contribution >= 4 is 5.78 Å². The number of unbranched alkanes of at least 4 members (excludes halogenated alkanes) is 2. The summed E-state index contributed by atoms with van der Waals surface area (Å²) < 4.78 is 42.3. The quantitative estimate of drug-likeness (QED) is 0.179. The number of nitrogens with zero attached hydrogens (tertiary/aromatic N) is 1. The van der Waals surface area contributed by atoms with Crippen molar-refractivity contribution in [3.8, 4) is 5.75 Å². The number of carbonyl (C=O) groups excluding carboxylic acids is 1. The summed E-state index contributed by atoms with van der Waals surface area (Å²) in [5.74, 6) is 2.05. The molecule has 0 N–H and O–H groups in total. The molecule has 3 nitrogen and oxygen atoms in total. The zero-order valence-corrected chi connectivity index (χ0v) is 37.5. The van der Waals surface area contributed by atoms with Gasteiger partial charge in [0.15, 0.2) is 5.78 Å². The highest BCUT2D eigenvalue weighted by atomic mass is 19.3. The van der Waals surface area contributed by atoms with Gasteiger partial charge in [0, 0.05) is 25.7 Å². The molecular formula is C49H78F3NO2. The van der Waals surface area contributed by atoms with E-state index < -0.39 is 6.11 Å². The summed E-state index contributed by atoms with van der Waals surface area (Å²) in [4.78, 5) is 13.9. The smallest absolute Gasteiger partial charge is 0.394 e. The van der Waals surface area contributed by atoms with E-state index in [0.29, 0.717) is 6.92 Å². The van der Waals surface area contributed by atoms with Crippen LogP contribution in [0.5, 0.6) is 5.75 Å². The number of Topliss-reactive ketones (excluding diaryl/α,β-unsaturated/α-hetero) is 1. The van der Waals surface area contributed by atoms with Crippen LogP contribution in [0.1, 0.15) is 163 Å². The Bertz CT molecular complexity index is 1460. The summed E-state index contributed by atoms with van der Waals surface area (Å²) >= 11 is 0. The predicted octanol–water partition coefficient (Wildman–Crippen LogP) is 16.0. The van der Waals surface area contributed by atoms with Gasteiger partial charge in [-0.3, -0.25) is 4.79 Å². The molecule has 0 saturated carbocycles. The molecule has 0 aliphatic carbocycles. The van der Waals surface area contributed by atoms with Gasteiger partial charge in [0.05, 0.1) is 5.70 Å². The third-order valence-corrected chi connectivity index (χ3v) is 8.84. The summed E-state index contributed by atoms with van der Waals surface area (Å²) in [6.07, 6.45) is 14.5. The highest BCUT2D eigenvalue weighted by Crippen LogP contribution is 2.27. The van der Waals surface area contributed by atoms with Gasteiger partial charge in [-0.2, -0.15) is 8.78 Å². The van der Waals surface area contributed by atoms with Crippen LogP contribution in [0.25, 0.3) is 0 Å². The van der Waals surface area contributed by atoms with Crippen LogP contribution in [0.15, 0.2) is 83.9 Å². The summed E-state index contributed by atoms with van der Waals surface area (Å²) in [5.41, 5.74) is 7.78. The second kappa shape index (κ2) is 29.7. The van der Waals surface area contributed by atoms with E-state index in [1.807, 2.05) is 63.1 Å². The second-order valence-electron chi connectivity index (χ2n) is 15.3. The van der Waals surface area contributed by atoms with Gasteiger partial charge < -0.3 is 9.64 Å². The summed E-state index contributed by atoms with van der Waals surface area (Å²) in [6.45, 7) is 33.8. The maximum atomic E-state index is 13.4.